The first-order chi connectivity index (χ1) is 10.2. The number of fused-ring (bicyclic) bond motifs is 1. The van der Waals surface area contributed by atoms with E-state index in [9.17, 15) is 0 Å². The van der Waals surface area contributed by atoms with Crippen molar-refractivity contribution >= 4 is 22.8 Å². The zero-order chi connectivity index (χ0) is 14.8. The maximum absolute atomic E-state index is 8.99. The summed E-state index contributed by atoms with van der Waals surface area (Å²) in [7, 11) is 0. The van der Waals surface area contributed by atoms with Crippen LogP contribution in [-0.4, -0.2) is 14.5 Å². The van der Waals surface area contributed by atoms with E-state index in [1.165, 1.54) is 0 Å². The van der Waals surface area contributed by atoms with Gasteiger partial charge in [-0.3, -0.25) is 0 Å². The van der Waals surface area contributed by atoms with Crippen molar-refractivity contribution in [1.29, 1.82) is 5.26 Å². The predicted molar refractivity (Wildman–Crippen MR) is 82.1 cm³/mol. The van der Waals surface area contributed by atoms with Crippen LogP contribution in [0.15, 0.2) is 36.5 Å². The van der Waals surface area contributed by atoms with Crippen LogP contribution in [0.1, 0.15) is 22.5 Å². The minimum atomic E-state index is 0.327. The van der Waals surface area contributed by atoms with Crippen LogP contribution >= 0.6 is 11.6 Å². The summed E-state index contributed by atoms with van der Waals surface area (Å²) in [6.45, 7) is 2.59. The average Bonchev–Trinajstić information content (AvgIpc) is 2.84. The molecule has 2 aromatic heterocycles. The van der Waals surface area contributed by atoms with Crippen LogP contribution in [0, 0.1) is 18.3 Å². The van der Waals surface area contributed by atoms with Gasteiger partial charge in [-0.15, -0.1) is 11.6 Å². The highest BCUT2D eigenvalue weighted by atomic mass is 35.5. The minimum Gasteiger partial charge on any atom is -0.307 e. The molecule has 0 radical (unpaired) electrons. The fraction of sp³-hybridized carbons (Fsp3) is 0.188. The van der Waals surface area contributed by atoms with Gasteiger partial charge < -0.3 is 4.57 Å². The van der Waals surface area contributed by atoms with Crippen LogP contribution < -0.4 is 0 Å². The molecule has 21 heavy (non-hydrogen) atoms. The van der Waals surface area contributed by atoms with Crippen molar-refractivity contribution < 1.29 is 0 Å². The summed E-state index contributed by atoms with van der Waals surface area (Å²) in [4.78, 5) is 9.00. The van der Waals surface area contributed by atoms with Gasteiger partial charge in [0.1, 0.15) is 11.3 Å². The van der Waals surface area contributed by atoms with E-state index in [-0.39, 0.29) is 0 Å². The molecule has 0 aliphatic carbocycles. The average molecular weight is 297 g/mol. The quantitative estimate of drug-likeness (QED) is 0.696. The first-order valence-electron chi connectivity index (χ1n) is 6.58. The van der Waals surface area contributed by atoms with Crippen LogP contribution in [-0.2, 0) is 12.4 Å². The molecule has 5 heteroatoms. The van der Waals surface area contributed by atoms with E-state index in [0.29, 0.717) is 18.0 Å². The molecule has 0 N–H and O–H groups in total. The van der Waals surface area contributed by atoms with Gasteiger partial charge in [0.15, 0.2) is 5.65 Å². The van der Waals surface area contributed by atoms with Crippen LogP contribution in [0.5, 0.6) is 0 Å². The topological polar surface area (TPSA) is 54.5 Å². The van der Waals surface area contributed by atoms with Gasteiger partial charge in [-0.05, 0) is 36.2 Å². The molecule has 1 aromatic carbocycles. The van der Waals surface area contributed by atoms with Gasteiger partial charge >= 0.3 is 0 Å². The van der Waals surface area contributed by atoms with Crippen molar-refractivity contribution in [2.24, 2.45) is 0 Å². The molecule has 0 atom stereocenters. The Kier molecular flexibility index (Phi) is 3.59. The summed E-state index contributed by atoms with van der Waals surface area (Å²) in [6.07, 6.45) is 1.82. The van der Waals surface area contributed by atoms with Crippen molar-refractivity contribution in [2.45, 2.75) is 19.3 Å². The zero-order valence-corrected chi connectivity index (χ0v) is 12.3. The summed E-state index contributed by atoms with van der Waals surface area (Å²) in [5, 5.41) is 8.99. The molecule has 2 heterocycles. The maximum atomic E-state index is 8.99. The molecule has 0 bridgehead atoms. The Morgan fingerprint density at radius 3 is 2.95 bits per heavy atom. The molecule has 0 saturated heterocycles. The number of halogens is 1. The third kappa shape index (κ3) is 2.61. The van der Waals surface area contributed by atoms with E-state index in [1.807, 2.05) is 42.0 Å². The van der Waals surface area contributed by atoms with Gasteiger partial charge in [-0.2, -0.15) is 5.26 Å². The lowest BCUT2D eigenvalue weighted by Gasteiger charge is -2.07. The van der Waals surface area contributed by atoms with Crippen LogP contribution in [0.2, 0.25) is 0 Å². The van der Waals surface area contributed by atoms with Gasteiger partial charge in [0.25, 0.3) is 0 Å². The molecule has 3 rings (SSSR count). The number of nitriles is 1. The van der Waals surface area contributed by atoms with E-state index in [1.54, 1.807) is 6.07 Å². The molecule has 4 nitrogen and oxygen atoms in total. The number of alkyl halides is 1. The Morgan fingerprint density at radius 2 is 2.19 bits per heavy atom. The van der Waals surface area contributed by atoms with Crippen molar-refractivity contribution in [3.63, 3.8) is 0 Å². The number of hydrogen-bond donors (Lipinski definition) is 0. The van der Waals surface area contributed by atoms with Crippen molar-refractivity contribution in [3.8, 4) is 6.07 Å². The van der Waals surface area contributed by atoms with Crippen LogP contribution in [0.25, 0.3) is 11.2 Å². The number of pyridine rings is 1. The summed E-state index contributed by atoms with van der Waals surface area (Å²) in [6, 6.07) is 11.7. The second-order valence-electron chi connectivity index (χ2n) is 4.92. The summed E-state index contributed by atoms with van der Waals surface area (Å²) >= 11 is 6.00. The Morgan fingerprint density at radius 1 is 1.33 bits per heavy atom. The third-order valence-electron chi connectivity index (χ3n) is 3.32. The van der Waals surface area contributed by atoms with E-state index < -0.39 is 0 Å². The Labute approximate surface area is 127 Å². The molecule has 0 amide bonds. The third-order valence-corrected chi connectivity index (χ3v) is 3.56. The molecule has 0 unspecified atom stereocenters. The fourth-order valence-corrected chi connectivity index (χ4v) is 2.55. The number of imidazole rings is 1. The van der Waals surface area contributed by atoms with E-state index in [4.69, 9.17) is 16.9 Å². The summed E-state index contributed by atoms with van der Waals surface area (Å²) in [5.41, 5.74) is 4.41. The minimum absolute atomic E-state index is 0.327. The number of aryl methyl sites for hydroxylation is 1. The second kappa shape index (κ2) is 5.55. The highest BCUT2D eigenvalue weighted by Gasteiger charge is 2.12. The molecular weight excluding hydrogens is 284 g/mol. The fourth-order valence-electron chi connectivity index (χ4n) is 2.35. The summed E-state index contributed by atoms with van der Waals surface area (Å²) in [5.74, 6) is 1.11. The lowest BCUT2D eigenvalue weighted by Crippen LogP contribution is -2.05. The zero-order valence-electron chi connectivity index (χ0n) is 11.5. The van der Waals surface area contributed by atoms with E-state index in [2.05, 4.69) is 16.0 Å². The number of rotatable bonds is 3. The Hall–Kier alpha value is -2.38. The summed E-state index contributed by atoms with van der Waals surface area (Å²) < 4.78 is 2.00. The molecule has 0 saturated carbocycles. The number of benzene rings is 1. The lowest BCUT2D eigenvalue weighted by molar-refractivity contribution is 0.770. The molecule has 0 spiro atoms. The number of aromatic nitrogens is 3. The van der Waals surface area contributed by atoms with E-state index in [0.717, 1.165) is 28.1 Å². The number of hydrogen-bond acceptors (Lipinski definition) is 3. The van der Waals surface area contributed by atoms with Crippen molar-refractivity contribution in [3.05, 3.63) is 59.0 Å². The van der Waals surface area contributed by atoms with Crippen LogP contribution in [0.4, 0.5) is 0 Å². The lowest BCUT2D eigenvalue weighted by atomic mass is 10.1. The van der Waals surface area contributed by atoms with Gasteiger partial charge in [0, 0.05) is 6.20 Å². The van der Waals surface area contributed by atoms with Gasteiger partial charge in [0.2, 0.25) is 0 Å². The Bertz CT molecular complexity index is 845. The highest BCUT2D eigenvalue weighted by molar-refractivity contribution is 6.16. The predicted octanol–water partition coefficient (Wildman–Crippen LogP) is 3.40. The van der Waals surface area contributed by atoms with Crippen LogP contribution in [0.3, 0.4) is 0 Å². The monoisotopic (exact) mass is 296 g/mol. The van der Waals surface area contributed by atoms with Crippen molar-refractivity contribution in [2.75, 3.05) is 0 Å². The smallest absolute Gasteiger partial charge is 0.160 e. The van der Waals surface area contributed by atoms with E-state index >= 15 is 0 Å². The SMILES string of the molecule is Cc1cnc2c(c1)nc(CCl)n2Cc1cccc(C#N)c1. The maximum Gasteiger partial charge on any atom is 0.160 e. The van der Waals surface area contributed by atoms with Gasteiger partial charge in [-0.1, -0.05) is 12.1 Å². The molecule has 104 valence electrons. The molecule has 3 aromatic rings. The normalized spacial score (nSPS) is 10.7. The van der Waals surface area contributed by atoms with Crippen molar-refractivity contribution in [1.82, 2.24) is 14.5 Å². The van der Waals surface area contributed by atoms with Gasteiger partial charge in [-0.25, -0.2) is 9.97 Å². The number of nitrogens with zero attached hydrogens (tertiary/aromatic N) is 4. The highest BCUT2D eigenvalue weighted by Crippen LogP contribution is 2.19. The molecule has 0 fully saturated rings. The molecule has 0 aliphatic heterocycles. The second-order valence-corrected chi connectivity index (χ2v) is 5.18. The first kappa shape index (κ1) is 13.6. The first-order valence-corrected chi connectivity index (χ1v) is 7.11. The Balaban J connectivity index is 2.08. The molecular formula is C16H13ClN4. The standard InChI is InChI=1S/C16H13ClN4/c1-11-5-14-16(19-9-11)21(15(7-17)20-14)10-13-4-2-3-12(6-13)8-18/h2-6,9H,7,10H2,1H3. The largest absolute Gasteiger partial charge is 0.307 e. The van der Waals surface area contributed by atoms with Gasteiger partial charge in [0.05, 0.1) is 24.1 Å². The molecule has 0 aliphatic rings.